The number of carbonyl (C=O) groups excluding carboxylic acids is 2. The molecule has 3 heterocycles. The van der Waals surface area contributed by atoms with E-state index in [0.717, 1.165) is 0 Å². The number of epoxide rings is 1. The Bertz CT molecular complexity index is 1700. The molecule has 0 spiro atoms. The van der Waals surface area contributed by atoms with Crippen molar-refractivity contribution >= 4 is 35.1 Å². The van der Waals surface area contributed by atoms with Gasteiger partial charge in [-0.3, -0.25) is 14.5 Å². The Morgan fingerprint density at radius 3 is 2.62 bits per heavy atom. The Morgan fingerprint density at radius 1 is 1.11 bits per heavy atom. The second kappa shape index (κ2) is 12.4. The van der Waals surface area contributed by atoms with Crippen LogP contribution in [-0.2, 0) is 14.3 Å². The van der Waals surface area contributed by atoms with E-state index in [1.807, 2.05) is 6.07 Å². The minimum atomic E-state index is -2.76. The molecule has 3 aromatic rings. The first-order chi connectivity index (χ1) is 21.7. The molecule has 6 rings (SSSR count). The average Bonchev–Trinajstić information content (AvgIpc) is 3.73. The second-order valence-electron chi connectivity index (χ2n) is 11.3. The van der Waals surface area contributed by atoms with Gasteiger partial charge in [-0.25, -0.2) is 18.7 Å². The number of benzene rings is 2. The molecule has 1 saturated carbocycles. The van der Waals surface area contributed by atoms with Crippen molar-refractivity contribution in [3.8, 4) is 12.1 Å². The predicted molar refractivity (Wildman–Crippen MR) is 159 cm³/mol. The van der Waals surface area contributed by atoms with Gasteiger partial charge >= 0.3 is 0 Å². The summed E-state index contributed by atoms with van der Waals surface area (Å²) in [7, 11) is 0. The number of rotatable bonds is 8. The molecule has 13 heteroatoms. The van der Waals surface area contributed by atoms with E-state index in [1.54, 1.807) is 53.4 Å². The molecule has 10 nitrogen and oxygen atoms in total. The van der Waals surface area contributed by atoms with Crippen LogP contribution in [0, 0.1) is 22.7 Å². The first-order valence-corrected chi connectivity index (χ1v) is 15.0. The van der Waals surface area contributed by atoms with Gasteiger partial charge in [0.15, 0.2) is 6.23 Å². The number of alkyl halides is 2. The molecule has 2 aromatic carbocycles. The lowest BCUT2D eigenvalue weighted by atomic mass is 9.91. The summed E-state index contributed by atoms with van der Waals surface area (Å²) in [6.45, 7) is 0. The molecule has 2 unspecified atom stereocenters. The molecule has 3 fully saturated rings. The quantitative estimate of drug-likeness (QED) is 0.342. The van der Waals surface area contributed by atoms with Crippen LogP contribution in [0.4, 0.5) is 20.4 Å². The fourth-order valence-corrected chi connectivity index (χ4v) is 6.42. The lowest BCUT2D eigenvalue weighted by Crippen LogP contribution is -2.49. The van der Waals surface area contributed by atoms with Crippen molar-refractivity contribution in [3.05, 3.63) is 82.6 Å². The maximum atomic E-state index is 14.2. The van der Waals surface area contributed by atoms with Gasteiger partial charge < -0.3 is 15.0 Å². The number of nitrogens with zero attached hydrogens (tertiary/aromatic N) is 6. The van der Waals surface area contributed by atoms with Crippen LogP contribution in [0.25, 0.3) is 0 Å². The number of ether oxygens (including phenoxy) is 1. The number of hydrogen-bond acceptors (Lipinski definition) is 8. The maximum Gasteiger partial charge on any atom is 0.248 e. The van der Waals surface area contributed by atoms with Gasteiger partial charge in [0.1, 0.15) is 23.9 Å². The normalized spacial score (nSPS) is 23.1. The van der Waals surface area contributed by atoms with Gasteiger partial charge in [-0.05, 0) is 49.6 Å². The summed E-state index contributed by atoms with van der Waals surface area (Å²) in [6.07, 6.45) is 0.305. The Balaban J connectivity index is 1.38. The summed E-state index contributed by atoms with van der Waals surface area (Å²) in [4.78, 5) is 38.9. The number of amides is 2. The molecule has 4 atom stereocenters. The molecular weight excluding hydrogens is 604 g/mol. The number of nitriles is 2. The van der Waals surface area contributed by atoms with Gasteiger partial charge in [-0.2, -0.15) is 10.5 Å². The zero-order chi connectivity index (χ0) is 31.7. The van der Waals surface area contributed by atoms with Gasteiger partial charge in [-0.15, -0.1) is 0 Å². The lowest BCUT2D eigenvalue weighted by molar-refractivity contribution is -0.124. The number of nitrogens with one attached hydrogen (secondary N) is 1. The van der Waals surface area contributed by atoms with Crippen molar-refractivity contribution in [2.24, 2.45) is 0 Å². The Labute approximate surface area is 263 Å². The van der Waals surface area contributed by atoms with E-state index >= 15 is 0 Å². The third kappa shape index (κ3) is 6.30. The topological polar surface area (TPSA) is 139 Å². The highest BCUT2D eigenvalue weighted by Crippen LogP contribution is 2.45. The summed E-state index contributed by atoms with van der Waals surface area (Å²) in [5, 5.41) is 22.3. The molecule has 45 heavy (non-hydrogen) atoms. The highest BCUT2D eigenvalue weighted by atomic mass is 35.5. The highest BCUT2D eigenvalue weighted by molar-refractivity contribution is 6.31. The van der Waals surface area contributed by atoms with Crippen molar-refractivity contribution in [1.29, 1.82) is 10.5 Å². The van der Waals surface area contributed by atoms with E-state index in [-0.39, 0.29) is 49.7 Å². The van der Waals surface area contributed by atoms with Gasteiger partial charge in [0.25, 0.3) is 0 Å². The molecule has 1 N–H and O–H groups in total. The van der Waals surface area contributed by atoms with Gasteiger partial charge in [-0.1, -0.05) is 35.9 Å². The maximum absolute atomic E-state index is 14.2. The Hall–Kier alpha value is -4.65. The largest absolute Gasteiger partial charge is 0.351 e. The molecule has 1 aromatic heterocycles. The zero-order valence-corrected chi connectivity index (χ0v) is 24.7. The van der Waals surface area contributed by atoms with E-state index in [9.17, 15) is 28.9 Å². The lowest BCUT2D eigenvalue weighted by Gasteiger charge is -2.35. The smallest absolute Gasteiger partial charge is 0.248 e. The van der Waals surface area contributed by atoms with Crippen LogP contribution >= 0.6 is 11.6 Å². The number of carbonyl (C=O) groups is 2. The molecule has 1 aliphatic carbocycles. The first kappa shape index (κ1) is 30.4. The number of anilines is 2. The Kier molecular flexibility index (Phi) is 8.36. The predicted octanol–water partition coefficient (Wildman–Crippen LogP) is 5.04. The van der Waals surface area contributed by atoms with Gasteiger partial charge in [0.05, 0.1) is 17.7 Å². The molecule has 2 saturated heterocycles. The highest BCUT2D eigenvalue weighted by Gasteiger charge is 2.57. The molecule has 0 radical (unpaired) electrons. The van der Waals surface area contributed by atoms with E-state index < -0.39 is 42.3 Å². The third-order valence-corrected chi connectivity index (χ3v) is 8.79. The molecule has 0 bridgehead atoms. The summed E-state index contributed by atoms with van der Waals surface area (Å²) >= 11 is 6.68. The fraction of sp³-hybridized carbons (Fsp3) is 0.375. The monoisotopic (exact) mass is 631 g/mol. The van der Waals surface area contributed by atoms with Crippen molar-refractivity contribution < 1.29 is 23.1 Å². The van der Waals surface area contributed by atoms with E-state index in [1.165, 1.54) is 17.2 Å². The van der Waals surface area contributed by atoms with Crippen LogP contribution in [-0.4, -0.2) is 52.1 Å². The summed E-state index contributed by atoms with van der Waals surface area (Å²) in [5.41, 5.74) is 1.41. The average molecular weight is 632 g/mol. The minimum Gasteiger partial charge on any atom is -0.351 e. The van der Waals surface area contributed by atoms with E-state index in [0.29, 0.717) is 28.3 Å². The first-order valence-electron chi connectivity index (χ1n) is 14.6. The van der Waals surface area contributed by atoms with Crippen LogP contribution in [0.3, 0.4) is 0 Å². The van der Waals surface area contributed by atoms with Crippen LogP contribution in [0.1, 0.15) is 61.4 Å². The van der Waals surface area contributed by atoms with Crippen molar-refractivity contribution in [1.82, 2.24) is 15.3 Å². The van der Waals surface area contributed by atoms with Crippen molar-refractivity contribution in [2.45, 2.75) is 74.9 Å². The number of halogens is 3. The SMILES string of the molecule is N#Cc1cccc(N(C2OC2[C@@H]2CCC(=O)N2c2nccc(C#N)n2)[C@H](C(=O)NC2CCC(F)(F)CC2)c2ccccc2Cl)c1. The minimum absolute atomic E-state index is 0.0864. The van der Waals surface area contributed by atoms with Crippen LogP contribution < -0.4 is 15.1 Å². The molecular formula is C32H28ClF2N7O3. The van der Waals surface area contributed by atoms with Gasteiger partial charge in [0, 0.05) is 47.8 Å². The standard InChI is InChI=1S/C32H28ClF2N7O3/c33-24-7-2-1-6-23(24)27(29(44)39-20-10-13-32(34,35)14-11-20)41(22-5-3-4-19(16-22)17-36)30-28(45-30)25-8-9-26(43)42(25)31-38-15-12-21(18-37)40-31/h1-7,12,15-16,20,25,27-28,30H,8-11,13-14H2,(H,39,44)/t25-,27-,28?,30?/m0/s1. The summed E-state index contributed by atoms with van der Waals surface area (Å²) in [6, 6.07) is 17.0. The molecule has 2 aliphatic heterocycles. The van der Waals surface area contributed by atoms with Crippen LogP contribution in [0.15, 0.2) is 60.8 Å². The van der Waals surface area contributed by atoms with Crippen molar-refractivity contribution in [2.75, 3.05) is 9.80 Å². The third-order valence-electron chi connectivity index (χ3n) is 8.44. The summed E-state index contributed by atoms with van der Waals surface area (Å²) in [5.74, 6) is -3.36. The van der Waals surface area contributed by atoms with Gasteiger partial charge in [0.2, 0.25) is 23.7 Å². The molecule has 3 aliphatic rings. The number of hydrogen-bond donors (Lipinski definition) is 1. The van der Waals surface area contributed by atoms with E-state index in [4.69, 9.17) is 16.3 Å². The molecule has 230 valence electrons. The van der Waals surface area contributed by atoms with Crippen LogP contribution in [0.2, 0.25) is 5.02 Å². The van der Waals surface area contributed by atoms with E-state index in [2.05, 4.69) is 21.4 Å². The Morgan fingerprint density at radius 2 is 1.89 bits per heavy atom. The molecule has 2 amide bonds. The number of aromatic nitrogens is 2. The van der Waals surface area contributed by atoms with Crippen molar-refractivity contribution in [3.63, 3.8) is 0 Å². The van der Waals surface area contributed by atoms with Crippen LogP contribution in [0.5, 0.6) is 0 Å². The second-order valence-corrected chi connectivity index (χ2v) is 11.8. The summed E-state index contributed by atoms with van der Waals surface area (Å²) < 4.78 is 34.1. The fourth-order valence-electron chi connectivity index (χ4n) is 6.18. The zero-order valence-electron chi connectivity index (χ0n) is 23.9.